The van der Waals surface area contributed by atoms with Gasteiger partial charge in [-0.25, -0.2) is 4.98 Å². The Kier molecular flexibility index (Phi) is 5.07. The van der Waals surface area contributed by atoms with Gasteiger partial charge in [-0.15, -0.1) is 16.3 Å². The number of hydrogen-bond donors (Lipinski definition) is 1. The average molecular weight is 415 g/mol. The molecule has 0 spiro atoms. The molecule has 28 heavy (non-hydrogen) atoms. The number of nitrogens with one attached hydrogen (secondary N) is 1. The van der Waals surface area contributed by atoms with E-state index in [-0.39, 0.29) is 5.56 Å². The molecule has 3 aromatic rings. The third-order valence-corrected chi connectivity index (χ3v) is 5.11. The Balaban J connectivity index is 1.86. The highest BCUT2D eigenvalue weighted by Crippen LogP contribution is 2.33. The molecule has 1 unspecified atom stereocenters. The van der Waals surface area contributed by atoms with Crippen LogP contribution in [0.3, 0.4) is 0 Å². The summed E-state index contributed by atoms with van der Waals surface area (Å²) in [6, 6.07) is 11.2. The van der Waals surface area contributed by atoms with E-state index in [1.807, 2.05) is 36.4 Å². The van der Waals surface area contributed by atoms with Gasteiger partial charge in [0.1, 0.15) is 7.11 Å². The molecule has 1 aromatic carbocycles. The molecule has 8 heteroatoms. The fourth-order valence-corrected chi connectivity index (χ4v) is 3.80. The van der Waals surface area contributed by atoms with Crippen molar-refractivity contribution in [2.24, 2.45) is 0 Å². The zero-order chi connectivity index (χ0) is 19.7. The summed E-state index contributed by atoms with van der Waals surface area (Å²) in [6.45, 7) is 0. The average Bonchev–Trinajstić information content (AvgIpc) is 2.69. The number of hydrogen-bond acceptors (Lipinski definition) is 5. The molecule has 142 valence electrons. The minimum absolute atomic E-state index is 0.346. The van der Waals surface area contributed by atoms with E-state index in [0.717, 1.165) is 10.4 Å². The Bertz CT molecular complexity index is 1160. The van der Waals surface area contributed by atoms with Crippen LogP contribution in [0.5, 0.6) is 0 Å². The molecule has 0 aliphatic heterocycles. The molecule has 0 bridgehead atoms. The van der Waals surface area contributed by atoms with Crippen LogP contribution in [0.25, 0.3) is 16.6 Å². The zero-order valence-corrected chi connectivity index (χ0v) is 16.4. The van der Waals surface area contributed by atoms with Gasteiger partial charge in [-0.2, -0.15) is 4.98 Å². The van der Waals surface area contributed by atoms with Crippen molar-refractivity contribution in [3.8, 4) is 0 Å². The van der Waals surface area contributed by atoms with Crippen LogP contribution < -0.4 is 15.7 Å². The van der Waals surface area contributed by atoms with Crippen molar-refractivity contribution in [3.63, 3.8) is 0 Å². The molecule has 1 aliphatic carbocycles. The lowest BCUT2D eigenvalue weighted by Gasteiger charge is -2.19. The maximum Gasteiger partial charge on any atom is 0.292 e. The lowest BCUT2D eigenvalue weighted by molar-refractivity contribution is 0.167. The number of para-hydroxylation sites is 1. The lowest BCUT2D eigenvalue weighted by Crippen LogP contribution is -2.30. The summed E-state index contributed by atoms with van der Waals surface area (Å²) in [5, 5.41) is 3.78. The second kappa shape index (κ2) is 7.66. The third kappa shape index (κ3) is 3.37. The van der Waals surface area contributed by atoms with Gasteiger partial charge in [0.2, 0.25) is 5.95 Å². The number of nitrogens with zero attached hydrogens (tertiary/aromatic N) is 3. The smallest absolute Gasteiger partial charge is 0.292 e. The van der Waals surface area contributed by atoms with Gasteiger partial charge in [0.25, 0.3) is 5.56 Å². The first-order valence-corrected chi connectivity index (χ1v) is 9.40. The van der Waals surface area contributed by atoms with E-state index in [2.05, 4.69) is 15.3 Å². The fraction of sp³-hybridized carbons (Fsp3) is 0.150. The van der Waals surface area contributed by atoms with Gasteiger partial charge in [-0.05, 0) is 30.7 Å². The number of pyridine rings is 1. The van der Waals surface area contributed by atoms with Crippen LogP contribution in [0.15, 0.2) is 64.6 Å². The standard InChI is InChI=1S/C20H16Cl2N4O2/c1-28-26-18-12(11-23-20(25-18)24-13-6-3-2-4-7-13)10-14(19(26)27)17-15(21)8-5-9-16(17)22/h2-8,10-11,16H,9H2,1H3,(H,23,24,25). The van der Waals surface area contributed by atoms with Crippen LogP contribution in [0.1, 0.15) is 12.0 Å². The molecule has 0 fully saturated rings. The van der Waals surface area contributed by atoms with E-state index in [9.17, 15) is 4.79 Å². The van der Waals surface area contributed by atoms with Crippen molar-refractivity contribution < 1.29 is 4.84 Å². The first-order chi connectivity index (χ1) is 13.6. The van der Waals surface area contributed by atoms with E-state index in [1.54, 1.807) is 18.3 Å². The molecule has 0 saturated heterocycles. The molecule has 4 rings (SSSR count). The summed E-state index contributed by atoms with van der Waals surface area (Å²) < 4.78 is 1.13. The number of halogens is 2. The summed E-state index contributed by atoms with van der Waals surface area (Å²) in [5.41, 5.74) is 1.75. The topological polar surface area (TPSA) is 69.0 Å². The Hall–Kier alpha value is -2.83. The van der Waals surface area contributed by atoms with Gasteiger partial charge in [0, 0.05) is 27.9 Å². The van der Waals surface area contributed by atoms with Crippen LogP contribution in [0, 0.1) is 0 Å². The van der Waals surface area contributed by atoms with E-state index < -0.39 is 5.38 Å². The zero-order valence-electron chi connectivity index (χ0n) is 14.9. The summed E-state index contributed by atoms with van der Waals surface area (Å²) in [6.07, 6.45) is 5.85. The number of benzene rings is 1. The maximum absolute atomic E-state index is 13.1. The van der Waals surface area contributed by atoms with Crippen molar-refractivity contribution >= 4 is 51.4 Å². The van der Waals surface area contributed by atoms with Crippen LogP contribution in [0.2, 0.25) is 0 Å². The SMILES string of the molecule is COn1c(=O)c(C2=C(Cl)C=CCC2Cl)cc2cnc(Nc3ccccc3)nc21. The first-order valence-electron chi connectivity index (χ1n) is 8.58. The summed E-state index contributed by atoms with van der Waals surface area (Å²) in [7, 11) is 1.41. The molecular formula is C20H16Cl2N4O2. The van der Waals surface area contributed by atoms with Crippen LogP contribution in [-0.2, 0) is 0 Å². The Morgan fingerprint density at radius 2 is 2.07 bits per heavy atom. The second-order valence-electron chi connectivity index (χ2n) is 6.17. The molecule has 2 heterocycles. The highest BCUT2D eigenvalue weighted by atomic mass is 35.5. The van der Waals surface area contributed by atoms with Crippen LogP contribution in [0.4, 0.5) is 11.6 Å². The summed E-state index contributed by atoms with van der Waals surface area (Å²) in [5.74, 6) is 0.352. The minimum atomic E-state index is -0.395. The molecule has 6 nitrogen and oxygen atoms in total. The highest BCUT2D eigenvalue weighted by molar-refractivity contribution is 6.38. The number of allylic oxidation sites excluding steroid dienone is 4. The molecular weight excluding hydrogens is 399 g/mol. The molecule has 1 atom stereocenters. The van der Waals surface area contributed by atoms with Crippen molar-refractivity contribution in [2.45, 2.75) is 11.8 Å². The van der Waals surface area contributed by atoms with Crippen LogP contribution in [-0.4, -0.2) is 27.2 Å². The van der Waals surface area contributed by atoms with Gasteiger partial charge < -0.3 is 10.2 Å². The normalized spacial score (nSPS) is 16.5. The first kappa shape index (κ1) is 18.5. The molecule has 0 amide bonds. The van der Waals surface area contributed by atoms with Gasteiger partial charge in [0.15, 0.2) is 5.65 Å². The highest BCUT2D eigenvalue weighted by Gasteiger charge is 2.24. The molecule has 1 aliphatic rings. The van der Waals surface area contributed by atoms with Crippen molar-refractivity contribution in [1.29, 1.82) is 0 Å². The maximum atomic E-state index is 13.1. The van der Waals surface area contributed by atoms with E-state index >= 15 is 0 Å². The number of rotatable bonds is 4. The predicted octanol–water partition coefficient (Wildman–Crippen LogP) is 4.11. The van der Waals surface area contributed by atoms with Crippen molar-refractivity contribution in [1.82, 2.24) is 14.7 Å². The Morgan fingerprint density at radius 3 is 2.79 bits per heavy atom. The van der Waals surface area contributed by atoms with Crippen molar-refractivity contribution in [2.75, 3.05) is 12.4 Å². The minimum Gasteiger partial charge on any atom is -0.412 e. The molecule has 2 aromatic heterocycles. The molecule has 0 saturated carbocycles. The van der Waals surface area contributed by atoms with Crippen LogP contribution >= 0.6 is 23.2 Å². The number of anilines is 2. The van der Waals surface area contributed by atoms with E-state index in [4.69, 9.17) is 28.0 Å². The largest absolute Gasteiger partial charge is 0.412 e. The summed E-state index contributed by atoms with van der Waals surface area (Å²) in [4.78, 5) is 27.2. The predicted molar refractivity (Wildman–Crippen MR) is 112 cm³/mol. The van der Waals surface area contributed by atoms with E-state index in [1.165, 1.54) is 7.11 Å². The number of aromatic nitrogens is 3. The monoisotopic (exact) mass is 414 g/mol. The van der Waals surface area contributed by atoms with Gasteiger partial charge in [-0.3, -0.25) is 4.79 Å². The van der Waals surface area contributed by atoms with Gasteiger partial charge in [0.05, 0.1) is 10.9 Å². The quantitative estimate of drug-likeness (QED) is 0.650. The molecule has 1 N–H and O–H groups in total. The second-order valence-corrected chi connectivity index (χ2v) is 7.10. The number of alkyl halides is 1. The molecule has 0 radical (unpaired) electrons. The Morgan fingerprint density at radius 1 is 1.29 bits per heavy atom. The Labute approximate surface area is 171 Å². The third-order valence-electron chi connectivity index (χ3n) is 4.38. The van der Waals surface area contributed by atoms with E-state index in [0.29, 0.717) is 39.6 Å². The number of fused-ring (bicyclic) bond motifs is 1. The van der Waals surface area contributed by atoms with Crippen molar-refractivity contribution in [3.05, 3.63) is 75.7 Å². The lowest BCUT2D eigenvalue weighted by atomic mass is 9.97. The fourth-order valence-electron chi connectivity index (χ4n) is 3.09. The van der Waals surface area contributed by atoms with Gasteiger partial charge >= 0.3 is 0 Å². The van der Waals surface area contributed by atoms with Gasteiger partial charge in [-0.1, -0.05) is 35.9 Å². The summed E-state index contributed by atoms with van der Waals surface area (Å²) >= 11 is 12.7.